The Morgan fingerprint density at radius 2 is 2.00 bits per heavy atom. The summed E-state index contributed by atoms with van der Waals surface area (Å²) in [4.78, 5) is 8.28. The maximum atomic E-state index is 4.19. The summed E-state index contributed by atoms with van der Waals surface area (Å²) in [7, 11) is 1.87. The Bertz CT molecular complexity index is 334. The van der Waals surface area contributed by atoms with E-state index in [-0.39, 0.29) is 0 Å². The van der Waals surface area contributed by atoms with Gasteiger partial charge in [0.2, 0.25) is 0 Å². The quantitative estimate of drug-likeness (QED) is 0.743. The summed E-state index contributed by atoms with van der Waals surface area (Å²) in [5, 5.41) is 6.36. The van der Waals surface area contributed by atoms with E-state index >= 15 is 0 Å². The Balaban J connectivity index is 1.66. The van der Waals surface area contributed by atoms with Crippen molar-refractivity contribution >= 4 is 11.6 Å². The fraction of sp³-hybridized carbons (Fsp3) is 0.692. The first kappa shape index (κ1) is 12.1. The van der Waals surface area contributed by atoms with Gasteiger partial charge in [-0.1, -0.05) is 25.7 Å². The van der Waals surface area contributed by atoms with E-state index in [0.717, 1.165) is 24.1 Å². The van der Waals surface area contributed by atoms with Crippen LogP contribution in [0.1, 0.15) is 38.5 Å². The molecule has 0 spiro atoms. The fourth-order valence-corrected chi connectivity index (χ4v) is 2.50. The molecule has 0 radical (unpaired) electrons. The maximum Gasteiger partial charge on any atom is 0.131 e. The van der Waals surface area contributed by atoms with Crippen LogP contribution in [0.2, 0.25) is 0 Å². The summed E-state index contributed by atoms with van der Waals surface area (Å²) in [6.07, 6.45) is 9.95. The molecular weight excluding hydrogens is 212 g/mol. The van der Waals surface area contributed by atoms with E-state index in [1.54, 1.807) is 6.33 Å². The van der Waals surface area contributed by atoms with E-state index in [2.05, 4.69) is 20.6 Å². The first-order chi connectivity index (χ1) is 8.38. The molecule has 1 aromatic heterocycles. The number of hydrogen-bond acceptors (Lipinski definition) is 4. The van der Waals surface area contributed by atoms with E-state index in [0.29, 0.717) is 0 Å². The lowest BCUT2D eigenvalue weighted by atomic mass is 10.0. The van der Waals surface area contributed by atoms with Crippen LogP contribution in [0.4, 0.5) is 11.6 Å². The Morgan fingerprint density at radius 1 is 1.24 bits per heavy atom. The maximum absolute atomic E-state index is 4.19. The van der Waals surface area contributed by atoms with Crippen LogP contribution in [-0.2, 0) is 0 Å². The summed E-state index contributed by atoms with van der Waals surface area (Å²) < 4.78 is 0. The van der Waals surface area contributed by atoms with E-state index in [9.17, 15) is 0 Å². The predicted octanol–water partition coefficient (Wildman–Crippen LogP) is 2.90. The van der Waals surface area contributed by atoms with Crippen molar-refractivity contribution in [3.05, 3.63) is 12.4 Å². The summed E-state index contributed by atoms with van der Waals surface area (Å²) in [6, 6.07) is 1.94. The molecule has 17 heavy (non-hydrogen) atoms. The number of anilines is 2. The second kappa shape index (κ2) is 6.42. The minimum atomic E-state index is 0.860. The highest BCUT2D eigenvalue weighted by molar-refractivity contribution is 5.45. The van der Waals surface area contributed by atoms with E-state index in [1.165, 1.54) is 38.5 Å². The molecule has 4 nitrogen and oxygen atoms in total. The monoisotopic (exact) mass is 234 g/mol. The SMILES string of the molecule is CNc1cc(NCCCC2CCCC2)ncn1. The largest absolute Gasteiger partial charge is 0.373 e. The molecule has 1 aliphatic carbocycles. The van der Waals surface area contributed by atoms with Crippen LogP contribution in [0.15, 0.2) is 12.4 Å². The van der Waals surface area contributed by atoms with Crippen molar-refractivity contribution in [3.63, 3.8) is 0 Å². The molecule has 0 bridgehead atoms. The van der Waals surface area contributed by atoms with Crippen molar-refractivity contribution in [1.82, 2.24) is 9.97 Å². The van der Waals surface area contributed by atoms with Crippen molar-refractivity contribution in [1.29, 1.82) is 0 Å². The molecule has 0 aromatic carbocycles. The Hall–Kier alpha value is -1.32. The molecular formula is C13H22N4. The lowest BCUT2D eigenvalue weighted by Crippen LogP contribution is -2.06. The van der Waals surface area contributed by atoms with Gasteiger partial charge < -0.3 is 10.6 Å². The van der Waals surface area contributed by atoms with Gasteiger partial charge in [-0.2, -0.15) is 0 Å². The Kier molecular flexibility index (Phi) is 4.59. The summed E-state index contributed by atoms with van der Waals surface area (Å²) in [5.41, 5.74) is 0. The van der Waals surface area contributed by atoms with E-state index < -0.39 is 0 Å². The van der Waals surface area contributed by atoms with Crippen molar-refractivity contribution in [2.75, 3.05) is 24.2 Å². The van der Waals surface area contributed by atoms with Crippen molar-refractivity contribution in [3.8, 4) is 0 Å². The van der Waals surface area contributed by atoms with Gasteiger partial charge >= 0.3 is 0 Å². The van der Waals surface area contributed by atoms with Crippen LogP contribution in [-0.4, -0.2) is 23.6 Å². The standard InChI is InChI=1S/C13H22N4/c1-14-12-9-13(17-10-16-12)15-8-4-7-11-5-2-3-6-11/h9-11H,2-8H2,1H3,(H2,14,15,16,17). The molecule has 4 heteroatoms. The van der Waals surface area contributed by atoms with Gasteiger partial charge in [-0.15, -0.1) is 0 Å². The van der Waals surface area contributed by atoms with Crippen molar-refractivity contribution in [2.45, 2.75) is 38.5 Å². The summed E-state index contributed by atoms with van der Waals surface area (Å²) in [5.74, 6) is 2.75. The number of aromatic nitrogens is 2. The van der Waals surface area contributed by atoms with E-state index in [4.69, 9.17) is 0 Å². The van der Waals surface area contributed by atoms with Crippen LogP contribution < -0.4 is 10.6 Å². The van der Waals surface area contributed by atoms with E-state index in [1.807, 2.05) is 13.1 Å². The molecule has 0 saturated heterocycles. The molecule has 1 aliphatic rings. The van der Waals surface area contributed by atoms with Gasteiger partial charge in [0.25, 0.3) is 0 Å². The molecule has 0 unspecified atom stereocenters. The van der Waals surface area contributed by atoms with Crippen LogP contribution in [0.25, 0.3) is 0 Å². The topological polar surface area (TPSA) is 49.8 Å². The van der Waals surface area contributed by atoms with Gasteiger partial charge in [-0.25, -0.2) is 9.97 Å². The smallest absolute Gasteiger partial charge is 0.131 e. The molecule has 0 atom stereocenters. The third-order valence-electron chi connectivity index (χ3n) is 3.49. The van der Waals surface area contributed by atoms with Gasteiger partial charge in [0.05, 0.1) is 0 Å². The molecule has 1 heterocycles. The average Bonchev–Trinajstić information content (AvgIpc) is 2.88. The third kappa shape index (κ3) is 3.88. The zero-order valence-corrected chi connectivity index (χ0v) is 10.6. The van der Waals surface area contributed by atoms with Crippen LogP contribution in [0, 0.1) is 5.92 Å². The second-order valence-corrected chi connectivity index (χ2v) is 4.76. The van der Waals surface area contributed by atoms with Crippen LogP contribution in [0.3, 0.4) is 0 Å². The Morgan fingerprint density at radius 3 is 2.76 bits per heavy atom. The average molecular weight is 234 g/mol. The van der Waals surface area contributed by atoms with Crippen LogP contribution >= 0.6 is 0 Å². The van der Waals surface area contributed by atoms with Gasteiger partial charge in [0, 0.05) is 19.7 Å². The highest BCUT2D eigenvalue weighted by Gasteiger charge is 2.13. The first-order valence-electron chi connectivity index (χ1n) is 6.62. The molecule has 0 amide bonds. The predicted molar refractivity (Wildman–Crippen MR) is 71.3 cm³/mol. The number of hydrogen-bond donors (Lipinski definition) is 2. The highest BCUT2D eigenvalue weighted by atomic mass is 15.0. The minimum Gasteiger partial charge on any atom is -0.373 e. The number of nitrogens with one attached hydrogen (secondary N) is 2. The Labute approximate surface area is 103 Å². The molecule has 1 fully saturated rings. The van der Waals surface area contributed by atoms with Gasteiger partial charge in [0.15, 0.2) is 0 Å². The fourth-order valence-electron chi connectivity index (χ4n) is 2.50. The number of rotatable bonds is 6. The molecule has 0 aliphatic heterocycles. The van der Waals surface area contributed by atoms with Gasteiger partial charge in [-0.05, 0) is 18.8 Å². The minimum absolute atomic E-state index is 0.860. The zero-order valence-electron chi connectivity index (χ0n) is 10.6. The number of nitrogens with zero attached hydrogens (tertiary/aromatic N) is 2. The van der Waals surface area contributed by atoms with Gasteiger partial charge in [0.1, 0.15) is 18.0 Å². The molecule has 1 aromatic rings. The normalized spacial score (nSPS) is 16.1. The highest BCUT2D eigenvalue weighted by Crippen LogP contribution is 2.28. The molecule has 2 rings (SSSR count). The van der Waals surface area contributed by atoms with Crippen molar-refractivity contribution in [2.24, 2.45) is 5.92 Å². The third-order valence-corrected chi connectivity index (χ3v) is 3.49. The molecule has 1 saturated carbocycles. The summed E-state index contributed by atoms with van der Waals surface area (Å²) >= 11 is 0. The molecule has 94 valence electrons. The summed E-state index contributed by atoms with van der Waals surface area (Å²) in [6.45, 7) is 1.01. The molecule has 2 N–H and O–H groups in total. The van der Waals surface area contributed by atoms with Gasteiger partial charge in [-0.3, -0.25) is 0 Å². The van der Waals surface area contributed by atoms with Crippen molar-refractivity contribution < 1.29 is 0 Å². The second-order valence-electron chi connectivity index (χ2n) is 4.76. The lowest BCUT2D eigenvalue weighted by molar-refractivity contribution is 0.491. The first-order valence-corrected chi connectivity index (χ1v) is 6.62. The lowest BCUT2D eigenvalue weighted by Gasteiger charge is -2.10. The van der Waals surface area contributed by atoms with Crippen LogP contribution in [0.5, 0.6) is 0 Å². The zero-order chi connectivity index (χ0) is 11.9.